The molecule has 1 N–H and O–H groups in total. The van der Waals surface area contributed by atoms with Gasteiger partial charge >= 0.3 is 0 Å². The van der Waals surface area contributed by atoms with Crippen LogP contribution in [0, 0.1) is 9.39 Å². The van der Waals surface area contributed by atoms with Crippen LogP contribution in [-0.4, -0.2) is 19.3 Å². The lowest BCUT2D eigenvalue weighted by molar-refractivity contribution is 0.213. The van der Waals surface area contributed by atoms with Crippen molar-refractivity contribution < 1.29 is 19.0 Å². The van der Waals surface area contributed by atoms with Gasteiger partial charge in [0.2, 0.25) is 0 Å². The zero-order chi connectivity index (χ0) is 14.7. The van der Waals surface area contributed by atoms with E-state index in [-0.39, 0.29) is 5.82 Å². The van der Waals surface area contributed by atoms with Gasteiger partial charge in [0, 0.05) is 15.2 Å². The second-order valence-electron chi connectivity index (χ2n) is 4.18. The van der Waals surface area contributed by atoms with Crippen LogP contribution in [0.4, 0.5) is 4.39 Å². The Morgan fingerprint density at radius 3 is 2.35 bits per heavy atom. The number of ether oxygens (including phenoxy) is 2. The predicted molar refractivity (Wildman–Crippen MR) is 82.7 cm³/mol. The van der Waals surface area contributed by atoms with Crippen molar-refractivity contribution in [2.24, 2.45) is 0 Å². The first kappa shape index (κ1) is 15.1. The summed E-state index contributed by atoms with van der Waals surface area (Å²) in [6, 6.07) is 9.48. The van der Waals surface area contributed by atoms with Crippen molar-refractivity contribution in [2.75, 3.05) is 14.2 Å². The maximum absolute atomic E-state index is 13.1. The Kier molecular flexibility index (Phi) is 4.82. The zero-order valence-corrected chi connectivity index (χ0v) is 13.2. The van der Waals surface area contributed by atoms with E-state index in [0.717, 1.165) is 0 Å². The third-order valence-electron chi connectivity index (χ3n) is 2.99. The molecule has 0 radical (unpaired) electrons. The molecule has 0 aliphatic carbocycles. The Labute approximate surface area is 130 Å². The molecule has 2 aromatic carbocycles. The minimum Gasteiger partial charge on any atom is -0.497 e. The molecule has 3 nitrogen and oxygen atoms in total. The third kappa shape index (κ3) is 3.04. The van der Waals surface area contributed by atoms with Crippen molar-refractivity contribution in [3.05, 3.63) is 56.9 Å². The Bertz CT molecular complexity index is 616. The van der Waals surface area contributed by atoms with E-state index in [9.17, 15) is 9.50 Å². The molecule has 1 atom stereocenters. The van der Waals surface area contributed by atoms with E-state index in [1.54, 1.807) is 31.4 Å². The quantitative estimate of drug-likeness (QED) is 0.815. The Hall–Kier alpha value is -1.34. The number of hydrogen-bond acceptors (Lipinski definition) is 3. The maximum Gasteiger partial charge on any atom is 0.128 e. The molecule has 0 aromatic heterocycles. The van der Waals surface area contributed by atoms with Crippen molar-refractivity contribution in [3.63, 3.8) is 0 Å². The highest BCUT2D eigenvalue weighted by Crippen LogP contribution is 2.34. The zero-order valence-electron chi connectivity index (χ0n) is 11.1. The number of aliphatic hydroxyl groups excluding tert-OH is 1. The van der Waals surface area contributed by atoms with Gasteiger partial charge in [0.05, 0.1) is 14.2 Å². The lowest BCUT2D eigenvalue weighted by Gasteiger charge is -2.17. The first-order valence-corrected chi connectivity index (χ1v) is 6.99. The van der Waals surface area contributed by atoms with Gasteiger partial charge in [-0.05, 0) is 52.4 Å². The topological polar surface area (TPSA) is 38.7 Å². The number of rotatable bonds is 4. The first-order chi connectivity index (χ1) is 9.56. The fourth-order valence-electron chi connectivity index (χ4n) is 1.94. The van der Waals surface area contributed by atoms with E-state index < -0.39 is 6.10 Å². The van der Waals surface area contributed by atoms with E-state index in [4.69, 9.17) is 9.47 Å². The van der Waals surface area contributed by atoms with Crippen LogP contribution in [-0.2, 0) is 0 Å². The molecule has 1 unspecified atom stereocenters. The summed E-state index contributed by atoms with van der Waals surface area (Å²) in [6.07, 6.45) is -0.886. The molecule has 0 spiro atoms. The summed E-state index contributed by atoms with van der Waals surface area (Å²) in [6.45, 7) is 0. The van der Waals surface area contributed by atoms with Gasteiger partial charge in [-0.25, -0.2) is 4.39 Å². The number of benzene rings is 2. The Morgan fingerprint density at radius 2 is 1.75 bits per heavy atom. The standard InChI is InChI=1S/C15H14FIO3/c1-19-10-4-6-12(14(8-10)20-2)15(18)11-5-3-9(16)7-13(11)17/h3-8,15,18H,1-2H3. The number of hydrogen-bond donors (Lipinski definition) is 1. The normalized spacial score (nSPS) is 12.1. The van der Waals surface area contributed by atoms with Crippen LogP contribution in [0.3, 0.4) is 0 Å². The van der Waals surface area contributed by atoms with Gasteiger partial charge in [0.15, 0.2) is 0 Å². The number of halogens is 2. The van der Waals surface area contributed by atoms with Crippen molar-refractivity contribution in [1.29, 1.82) is 0 Å². The SMILES string of the molecule is COc1ccc(C(O)c2ccc(F)cc2I)c(OC)c1. The maximum atomic E-state index is 13.1. The Balaban J connectivity index is 2.44. The second kappa shape index (κ2) is 6.41. The smallest absolute Gasteiger partial charge is 0.128 e. The fourth-order valence-corrected chi connectivity index (χ4v) is 2.71. The molecule has 2 rings (SSSR count). The molecule has 5 heteroatoms. The molecule has 0 aliphatic heterocycles. The van der Waals surface area contributed by atoms with Crippen molar-refractivity contribution in [1.82, 2.24) is 0 Å². The summed E-state index contributed by atoms with van der Waals surface area (Å²) in [4.78, 5) is 0. The van der Waals surface area contributed by atoms with Crippen molar-refractivity contribution in [2.45, 2.75) is 6.10 Å². The van der Waals surface area contributed by atoms with Gasteiger partial charge in [-0.2, -0.15) is 0 Å². The van der Waals surface area contributed by atoms with Gasteiger partial charge in [0.25, 0.3) is 0 Å². The molecule has 0 amide bonds. The van der Waals surface area contributed by atoms with Crippen LogP contribution in [0.5, 0.6) is 11.5 Å². The second-order valence-corrected chi connectivity index (χ2v) is 5.34. The molecule has 106 valence electrons. The van der Waals surface area contributed by atoms with Crippen LogP contribution in [0.2, 0.25) is 0 Å². The molecule has 0 saturated carbocycles. The molecule has 20 heavy (non-hydrogen) atoms. The molecule has 0 aliphatic rings. The summed E-state index contributed by atoms with van der Waals surface area (Å²) < 4.78 is 24.2. The predicted octanol–water partition coefficient (Wildman–Crippen LogP) is 3.53. The van der Waals surface area contributed by atoms with Crippen molar-refractivity contribution in [3.8, 4) is 11.5 Å². The minimum atomic E-state index is -0.886. The van der Waals surface area contributed by atoms with Crippen LogP contribution < -0.4 is 9.47 Å². The van der Waals surface area contributed by atoms with E-state index in [0.29, 0.717) is 26.2 Å². The highest BCUT2D eigenvalue weighted by atomic mass is 127. The molecule has 0 bridgehead atoms. The number of methoxy groups -OCH3 is 2. The van der Waals surface area contributed by atoms with E-state index >= 15 is 0 Å². The van der Waals surface area contributed by atoms with Crippen LogP contribution in [0.15, 0.2) is 36.4 Å². The van der Waals surface area contributed by atoms with Crippen LogP contribution in [0.25, 0.3) is 0 Å². The molecule has 0 heterocycles. The fraction of sp³-hybridized carbons (Fsp3) is 0.200. The summed E-state index contributed by atoms with van der Waals surface area (Å²) in [5, 5.41) is 10.5. The van der Waals surface area contributed by atoms with E-state index in [2.05, 4.69) is 0 Å². The van der Waals surface area contributed by atoms with Gasteiger partial charge in [-0.15, -0.1) is 0 Å². The average molecular weight is 388 g/mol. The number of aliphatic hydroxyl groups is 1. The van der Waals surface area contributed by atoms with Gasteiger partial charge in [0.1, 0.15) is 23.4 Å². The van der Waals surface area contributed by atoms with Crippen LogP contribution >= 0.6 is 22.6 Å². The molecular formula is C15H14FIO3. The summed E-state index contributed by atoms with van der Waals surface area (Å²) in [5.74, 6) is 0.843. The first-order valence-electron chi connectivity index (χ1n) is 5.91. The summed E-state index contributed by atoms with van der Waals surface area (Å²) in [7, 11) is 3.09. The van der Waals surface area contributed by atoms with Gasteiger partial charge in [-0.1, -0.05) is 6.07 Å². The molecule has 2 aromatic rings. The highest BCUT2D eigenvalue weighted by Gasteiger charge is 2.18. The average Bonchev–Trinajstić information content (AvgIpc) is 2.46. The van der Waals surface area contributed by atoms with Crippen molar-refractivity contribution >= 4 is 22.6 Å². The monoisotopic (exact) mass is 388 g/mol. The molecular weight excluding hydrogens is 374 g/mol. The van der Waals surface area contributed by atoms with Gasteiger partial charge < -0.3 is 14.6 Å². The Morgan fingerprint density at radius 1 is 1.05 bits per heavy atom. The molecule has 0 saturated heterocycles. The molecule has 0 fully saturated rings. The van der Waals surface area contributed by atoms with E-state index in [1.807, 2.05) is 22.6 Å². The van der Waals surface area contributed by atoms with E-state index in [1.165, 1.54) is 19.2 Å². The minimum absolute atomic E-state index is 0.327. The lowest BCUT2D eigenvalue weighted by atomic mass is 10.0. The summed E-state index contributed by atoms with van der Waals surface area (Å²) in [5.41, 5.74) is 1.24. The lowest BCUT2D eigenvalue weighted by Crippen LogP contribution is -2.05. The summed E-state index contributed by atoms with van der Waals surface area (Å²) >= 11 is 2.00. The largest absolute Gasteiger partial charge is 0.497 e. The highest BCUT2D eigenvalue weighted by molar-refractivity contribution is 14.1. The van der Waals surface area contributed by atoms with Gasteiger partial charge in [-0.3, -0.25) is 0 Å². The third-order valence-corrected chi connectivity index (χ3v) is 3.93. The van der Waals surface area contributed by atoms with Crippen LogP contribution in [0.1, 0.15) is 17.2 Å².